The molecule has 162 valence electrons. The summed E-state index contributed by atoms with van der Waals surface area (Å²) in [6.07, 6.45) is 4.75. The van der Waals surface area contributed by atoms with E-state index in [0.717, 1.165) is 72.1 Å². The highest BCUT2D eigenvalue weighted by Gasteiger charge is 2.44. The fraction of sp³-hybridized carbons (Fsp3) is 0.538. The molecule has 0 bridgehead atoms. The molecule has 4 heteroatoms. The fourth-order valence-corrected chi connectivity index (χ4v) is 5.48. The second-order valence-electron chi connectivity index (χ2n) is 9.33. The van der Waals surface area contributed by atoms with Gasteiger partial charge >= 0.3 is 0 Å². The maximum Gasteiger partial charge on any atom is 0.168 e. The number of rotatable bonds is 3. The van der Waals surface area contributed by atoms with Gasteiger partial charge in [-0.15, -0.1) is 0 Å². The smallest absolute Gasteiger partial charge is 0.168 e. The van der Waals surface area contributed by atoms with Crippen LogP contribution in [0.2, 0.25) is 0 Å². The summed E-state index contributed by atoms with van der Waals surface area (Å²) >= 11 is 0. The van der Waals surface area contributed by atoms with Crippen LogP contribution in [0.15, 0.2) is 24.3 Å². The van der Waals surface area contributed by atoms with E-state index in [4.69, 9.17) is 9.47 Å². The van der Waals surface area contributed by atoms with Crippen molar-refractivity contribution in [2.24, 2.45) is 5.92 Å². The van der Waals surface area contributed by atoms with Crippen molar-refractivity contribution in [3.8, 4) is 11.5 Å². The first-order valence-electron chi connectivity index (χ1n) is 11.2. The number of benzene rings is 2. The fourth-order valence-electron chi connectivity index (χ4n) is 5.48. The maximum absolute atomic E-state index is 11.1. The van der Waals surface area contributed by atoms with Crippen LogP contribution in [0.3, 0.4) is 0 Å². The topological polar surface area (TPSA) is 58.9 Å². The van der Waals surface area contributed by atoms with Gasteiger partial charge in [0.1, 0.15) is 11.5 Å². The molecule has 0 saturated carbocycles. The van der Waals surface area contributed by atoms with Crippen molar-refractivity contribution >= 4 is 0 Å². The van der Waals surface area contributed by atoms with Gasteiger partial charge in [0.05, 0.1) is 13.2 Å². The van der Waals surface area contributed by atoms with E-state index < -0.39 is 5.79 Å². The molecule has 0 aromatic heterocycles. The Labute approximate surface area is 179 Å². The summed E-state index contributed by atoms with van der Waals surface area (Å²) in [5, 5.41) is 22.1. The first-order valence-corrected chi connectivity index (χ1v) is 11.2. The van der Waals surface area contributed by atoms with Crippen LogP contribution in [0.25, 0.3) is 0 Å². The molecule has 2 atom stereocenters. The Balaban J connectivity index is 1.85. The molecule has 2 aromatic rings. The summed E-state index contributed by atoms with van der Waals surface area (Å²) in [5.74, 6) is 0.218. The van der Waals surface area contributed by atoms with Crippen LogP contribution in [0.5, 0.6) is 11.5 Å². The lowest BCUT2D eigenvalue weighted by Gasteiger charge is -2.45. The Morgan fingerprint density at radius 3 is 1.93 bits per heavy atom. The number of hydrogen-bond acceptors (Lipinski definition) is 4. The normalized spacial score (nSPS) is 24.5. The Kier molecular flexibility index (Phi) is 5.82. The molecule has 2 unspecified atom stereocenters. The van der Waals surface area contributed by atoms with Gasteiger partial charge in [0.15, 0.2) is 5.79 Å². The van der Waals surface area contributed by atoms with E-state index in [1.54, 1.807) is 0 Å². The highest BCUT2D eigenvalue weighted by atomic mass is 16.7. The molecular formula is C26H34O4. The van der Waals surface area contributed by atoms with Crippen molar-refractivity contribution < 1.29 is 19.7 Å². The summed E-state index contributed by atoms with van der Waals surface area (Å²) < 4.78 is 12.3. The second-order valence-corrected chi connectivity index (χ2v) is 9.33. The van der Waals surface area contributed by atoms with E-state index in [1.165, 1.54) is 0 Å². The number of phenols is 2. The van der Waals surface area contributed by atoms with Gasteiger partial charge in [-0.2, -0.15) is 0 Å². The van der Waals surface area contributed by atoms with Gasteiger partial charge in [-0.1, -0.05) is 35.4 Å². The van der Waals surface area contributed by atoms with Gasteiger partial charge in [0.25, 0.3) is 0 Å². The van der Waals surface area contributed by atoms with Crippen LogP contribution in [0.1, 0.15) is 71.4 Å². The Morgan fingerprint density at radius 1 is 0.833 bits per heavy atom. The number of hydrogen-bond donors (Lipinski definition) is 2. The maximum atomic E-state index is 11.1. The van der Waals surface area contributed by atoms with Gasteiger partial charge in [-0.05, 0) is 64.0 Å². The van der Waals surface area contributed by atoms with Crippen LogP contribution in [0, 0.1) is 33.6 Å². The molecule has 2 fully saturated rings. The number of phenolic OH excluding ortho intramolecular Hbond substituents is 2. The lowest BCUT2D eigenvalue weighted by Crippen LogP contribution is -2.45. The largest absolute Gasteiger partial charge is 0.507 e. The van der Waals surface area contributed by atoms with Crippen LogP contribution in [-0.4, -0.2) is 29.2 Å². The van der Waals surface area contributed by atoms with Crippen molar-refractivity contribution in [3.63, 3.8) is 0 Å². The summed E-state index contributed by atoms with van der Waals surface area (Å²) in [7, 11) is 0. The average Bonchev–Trinajstić information content (AvgIpc) is 2.70. The van der Waals surface area contributed by atoms with E-state index in [1.807, 2.05) is 26.0 Å². The molecule has 2 saturated heterocycles. The monoisotopic (exact) mass is 410 g/mol. The molecule has 2 heterocycles. The summed E-state index contributed by atoms with van der Waals surface area (Å²) in [5.41, 5.74) is 5.76. The molecule has 4 rings (SSSR count). The molecule has 1 spiro atoms. The molecular weight excluding hydrogens is 376 g/mol. The van der Waals surface area contributed by atoms with Gasteiger partial charge in [0, 0.05) is 29.9 Å². The molecule has 0 amide bonds. The lowest BCUT2D eigenvalue weighted by molar-refractivity contribution is -0.282. The van der Waals surface area contributed by atoms with Crippen LogP contribution in [-0.2, 0) is 9.47 Å². The van der Waals surface area contributed by atoms with Crippen molar-refractivity contribution in [2.45, 2.75) is 71.5 Å². The zero-order chi connectivity index (χ0) is 21.5. The SMILES string of the molecule is Cc1cc(C)c(O)c(C(c2cc(C)cc(C)c2O)C2CCOC3(CCCCO3)C2)c1. The van der Waals surface area contributed by atoms with Crippen LogP contribution in [0.4, 0.5) is 0 Å². The average molecular weight is 411 g/mol. The predicted octanol–water partition coefficient (Wildman–Crippen LogP) is 5.79. The third kappa shape index (κ3) is 3.95. The van der Waals surface area contributed by atoms with Crippen LogP contribution < -0.4 is 0 Å². The third-order valence-electron chi connectivity index (χ3n) is 6.83. The summed E-state index contributed by atoms with van der Waals surface area (Å²) in [6, 6.07) is 8.17. The van der Waals surface area contributed by atoms with E-state index in [0.29, 0.717) is 18.1 Å². The zero-order valence-electron chi connectivity index (χ0n) is 18.6. The minimum atomic E-state index is -0.525. The van der Waals surface area contributed by atoms with Crippen LogP contribution >= 0.6 is 0 Å². The van der Waals surface area contributed by atoms with Crippen molar-refractivity contribution in [1.29, 1.82) is 0 Å². The lowest BCUT2D eigenvalue weighted by atomic mass is 9.72. The highest BCUT2D eigenvalue weighted by molar-refractivity contribution is 5.53. The first kappa shape index (κ1) is 21.2. The number of ether oxygens (including phenoxy) is 2. The third-order valence-corrected chi connectivity index (χ3v) is 6.83. The minimum absolute atomic E-state index is 0.117. The molecule has 2 aliphatic rings. The Morgan fingerprint density at radius 2 is 1.40 bits per heavy atom. The predicted molar refractivity (Wildman–Crippen MR) is 118 cm³/mol. The molecule has 2 aromatic carbocycles. The highest BCUT2D eigenvalue weighted by Crippen LogP contribution is 2.50. The standard InChI is InChI=1S/C26H34O4/c1-16-11-18(3)24(27)21(13-16)23(22-14-17(2)12-19(4)25(22)28)20-7-10-30-26(15-20)8-5-6-9-29-26/h11-14,20,23,27-28H,5-10,15H2,1-4H3. The van der Waals surface area contributed by atoms with E-state index in [2.05, 4.69) is 26.0 Å². The van der Waals surface area contributed by atoms with Gasteiger partial charge < -0.3 is 19.7 Å². The van der Waals surface area contributed by atoms with E-state index >= 15 is 0 Å². The van der Waals surface area contributed by atoms with E-state index in [-0.39, 0.29) is 11.8 Å². The molecule has 30 heavy (non-hydrogen) atoms. The van der Waals surface area contributed by atoms with Crippen molar-refractivity contribution in [2.75, 3.05) is 13.2 Å². The quantitative estimate of drug-likeness (QED) is 0.673. The summed E-state index contributed by atoms with van der Waals surface area (Å²) in [6.45, 7) is 9.38. The Hall–Kier alpha value is -2.04. The summed E-state index contributed by atoms with van der Waals surface area (Å²) in [4.78, 5) is 0. The minimum Gasteiger partial charge on any atom is -0.507 e. The van der Waals surface area contributed by atoms with E-state index in [9.17, 15) is 10.2 Å². The molecule has 0 aliphatic carbocycles. The molecule has 2 N–H and O–H groups in total. The van der Waals surface area contributed by atoms with Gasteiger partial charge in [-0.3, -0.25) is 0 Å². The first-order chi connectivity index (χ1) is 14.3. The Bertz CT molecular complexity index is 864. The number of aromatic hydroxyl groups is 2. The molecule has 2 aliphatic heterocycles. The van der Waals surface area contributed by atoms with Gasteiger partial charge in [0.2, 0.25) is 0 Å². The van der Waals surface area contributed by atoms with Crippen molar-refractivity contribution in [3.05, 3.63) is 57.6 Å². The molecule has 4 nitrogen and oxygen atoms in total. The zero-order valence-corrected chi connectivity index (χ0v) is 18.6. The second kappa shape index (κ2) is 8.24. The van der Waals surface area contributed by atoms with Crippen molar-refractivity contribution in [1.82, 2.24) is 0 Å². The number of aryl methyl sites for hydroxylation is 4. The molecule has 0 radical (unpaired) electrons. The van der Waals surface area contributed by atoms with Gasteiger partial charge in [-0.25, -0.2) is 0 Å².